The molecule has 256 valence electrons. The number of hydrogen-bond acceptors (Lipinski definition) is 10. The minimum atomic E-state index is -1.35. The highest BCUT2D eigenvalue weighted by Crippen LogP contribution is 2.13. The van der Waals surface area contributed by atoms with E-state index in [0.717, 1.165) is 0 Å². The van der Waals surface area contributed by atoms with Crippen LogP contribution in [0.2, 0.25) is 0 Å². The van der Waals surface area contributed by atoms with Crippen LogP contribution < -0.4 is 37.6 Å². The Kier molecular flexibility index (Phi) is 18.2. The van der Waals surface area contributed by atoms with E-state index in [-0.39, 0.29) is 44.4 Å². The highest BCUT2D eigenvalue weighted by Gasteiger charge is 2.32. The summed E-state index contributed by atoms with van der Waals surface area (Å²) in [5, 5.41) is 34.5. The highest BCUT2D eigenvalue weighted by molar-refractivity contribution is 6.23. The van der Waals surface area contributed by atoms with Gasteiger partial charge in [0.05, 0.1) is 6.61 Å². The quantitative estimate of drug-likeness (QED) is 0.0384. The molecule has 0 saturated carbocycles. The molecule has 6 amide bonds. The number of nitrogens with one attached hydrogen (secondary N) is 6. The lowest BCUT2D eigenvalue weighted by atomic mass is 10.00. The monoisotopic (exact) mass is 649 g/mol. The van der Waals surface area contributed by atoms with Crippen LogP contribution in [-0.4, -0.2) is 102 Å². The van der Waals surface area contributed by atoms with Crippen molar-refractivity contribution in [1.29, 1.82) is 0 Å². The van der Waals surface area contributed by atoms with Crippen molar-refractivity contribution in [3.05, 3.63) is 29.8 Å². The molecule has 10 N–H and O–H groups in total. The van der Waals surface area contributed by atoms with Gasteiger partial charge >= 0.3 is 0 Å². The van der Waals surface area contributed by atoms with Gasteiger partial charge in [0.2, 0.25) is 35.8 Å². The molecule has 0 unspecified atom stereocenters. The summed E-state index contributed by atoms with van der Waals surface area (Å²) >= 11 is 0. The fourth-order valence-corrected chi connectivity index (χ4v) is 4.28. The number of aliphatic hydroxyl groups excluding tert-OH is 1. The number of aliphatic hydroxyl groups is 1. The van der Waals surface area contributed by atoms with Gasteiger partial charge in [-0.3, -0.25) is 33.6 Å². The van der Waals surface area contributed by atoms with Crippen molar-refractivity contribution in [1.82, 2.24) is 31.9 Å². The lowest BCUT2D eigenvalue weighted by Crippen LogP contribution is -2.60. The normalized spacial score (nSPS) is 13.3. The molecule has 0 aliphatic heterocycles. The number of rotatable bonds is 21. The van der Waals surface area contributed by atoms with Crippen molar-refractivity contribution in [2.45, 2.75) is 77.0 Å². The summed E-state index contributed by atoms with van der Waals surface area (Å²) in [5.41, 5.74) is 6.14. The second-order valence-electron chi connectivity index (χ2n) is 11.0. The molecular formula is C30H47N7O9. The number of unbranched alkanes of at least 4 members (excludes halogenated alkanes) is 1. The van der Waals surface area contributed by atoms with Crippen LogP contribution in [-0.2, 0) is 40.0 Å². The fraction of sp³-hybridized carbons (Fsp3) is 0.567. The summed E-state index contributed by atoms with van der Waals surface area (Å²) in [4.78, 5) is 85.7. The molecule has 0 heterocycles. The van der Waals surface area contributed by atoms with Gasteiger partial charge in [-0.1, -0.05) is 26.0 Å². The van der Waals surface area contributed by atoms with Gasteiger partial charge in [-0.2, -0.15) is 0 Å². The summed E-state index contributed by atoms with van der Waals surface area (Å²) < 4.78 is 0. The molecule has 4 atom stereocenters. The standard InChI is InChI=1S/C30H47N7O9/c1-18(2)26(30(46)36-24(16-38)27(43)33-14-6-13-32-25(42)17-39)37-29(45)23(15-20-8-10-21(41)11-9-20)35-28(44)22(34-19(3)40)7-4-5-12-31/h8-11,17-18,22-24,26,38,41H,4-7,12-16,31H2,1-3H3,(H,32,42)(H,33,43)(H,34,40)(H,35,44)(H,36,46)(H,37,45)/t22-,23-,24-,26-/m0/s1. The first kappa shape index (κ1) is 39.5. The van der Waals surface area contributed by atoms with E-state index < -0.39 is 72.1 Å². The third-order valence-electron chi connectivity index (χ3n) is 6.77. The molecule has 0 fully saturated rings. The Morgan fingerprint density at radius 1 is 0.783 bits per heavy atom. The lowest BCUT2D eigenvalue weighted by Gasteiger charge is -2.28. The van der Waals surface area contributed by atoms with E-state index >= 15 is 0 Å². The minimum Gasteiger partial charge on any atom is -0.508 e. The number of amides is 6. The highest BCUT2D eigenvalue weighted by atomic mass is 16.3. The average Bonchev–Trinajstić information content (AvgIpc) is 3.01. The number of hydrogen-bond donors (Lipinski definition) is 9. The third kappa shape index (κ3) is 14.9. The Labute approximate surface area is 268 Å². The van der Waals surface area contributed by atoms with E-state index in [2.05, 4.69) is 31.9 Å². The minimum absolute atomic E-state index is 0.00287. The molecule has 16 nitrogen and oxygen atoms in total. The molecule has 1 rings (SSSR count). The Morgan fingerprint density at radius 2 is 1.39 bits per heavy atom. The summed E-state index contributed by atoms with van der Waals surface area (Å²) in [6, 6.07) is 1.32. The van der Waals surface area contributed by atoms with Gasteiger partial charge in [0.25, 0.3) is 5.91 Å². The first-order chi connectivity index (χ1) is 21.8. The molecule has 1 aromatic carbocycles. The maximum Gasteiger partial charge on any atom is 0.284 e. The van der Waals surface area contributed by atoms with E-state index in [4.69, 9.17) is 5.73 Å². The van der Waals surface area contributed by atoms with E-state index in [1.807, 2.05) is 0 Å². The van der Waals surface area contributed by atoms with Crippen molar-refractivity contribution in [3.8, 4) is 5.75 Å². The van der Waals surface area contributed by atoms with Crippen LogP contribution in [0, 0.1) is 5.92 Å². The Hall–Kier alpha value is -4.57. The van der Waals surface area contributed by atoms with Crippen molar-refractivity contribution in [2.24, 2.45) is 11.7 Å². The molecule has 16 heteroatoms. The van der Waals surface area contributed by atoms with Crippen LogP contribution in [0.5, 0.6) is 5.75 Å². The topological polar surface area (TPSA) is 258 Å². The van der Waals surface area contributed by atoms with E-state index in [0.29, 0.717) is 24.9 Å². The van der Waals surface area contributed by atoms with Gasteiger partial charge in [0.15, 0.2) is 0 Å². The van der Waals surface area contributed by atoms with Crippen LogP contribution in [0.15, 0.2) is 24.3 Å². The van der Waals surface area contributed by atoms with Crippen molar-refractivity contribution < 1.29 is 43.8 Å². The van der Waals surface area contributed by atoms with Gasteiger partial charge in [-0.05, 0) is 55.8 Å². The Morgan fingerprint density at radius 3 is 1.96 bits per heavy atom. The molecular weight excluding hydrogens is 602 g/mol. The first-order valence-corrected chi connectivity index (χ1v) is 15.1. The number of phenolic OH excluding ortho intramolecular Hbond substituents is 1. The molecule has 0 radical (unpaired) electrons. The second-order valence-corrected chi connectivity index (χ2v) is 11.0. The Balaban J connectivity index is 3.05. The molecule has 1 aromatic rings. The number of phenols is 1. The van der Waals surface area contributed by atoms with Crippen LogP contribution in [0.25, 0.3) is 0 Å². The number of carbonyl (C=O) groups excluding carboxylic acids is 7. The van der Waals surface area contributed by atoms with Crippen LogP contribution in [0.1, 0.15) is 52.0 Å². The van der Waals surface area contributed by atoms with Gasteiger partial charge in [0.1, 0.15) is 29.9 Å². The molecule has 0 saturated heterocycles. The molecule has 46 heavy (non-hydrogen) atoms. The number of nitrogens with two attached hydrogens (primary N) is 1. The predicted octanol–water partition coefficient (Wildman–Crippen LogP) is -2.51. The van der Waals surface area contributed by atoms with Gasteiger partial charge in [-0.15, -0.1) is 0 Å². The van der Waals surface area contributed by atoms with E-state index in [1.165, 1.54) is 19.1 Å². The summed E-state index contributed by atoms with van der Waals surface area (Å²) in [6.45, 7) is 4.45. The third-order valence-corrected chi connectivity index (χ3v) is 6.77. The Bertz CT molecular complexity index is 1180. The van der Waals surface area contributed by atoms with E-state index in [9.17, 15) is 43.8 Å². The van der Waals surface area contributed by atoms with Crippen LogP contribution >= 0.6 is 0 Å². The number of carbonyl (C=O) groups is 7. The molecule has 0 aliphatic rings. The predicted molar refractivity (Wildman–Crippen MR) is 167 cm³/mol. The maximum absolute atomic E-state index is 13.6. The van der Waals surface area contributed by atoms with Crippen molar-refractivity contribution >= 4 is 41.7 Å². The zero-order valence-electron chi connectivity index (χ0n) is 26.5. The maximum atomic E-state index is 13.6. The van der Waals surface area contributed by atoms with Crippen LogP contribution in [0.4, 0.5) is 0 Å². The van der Waals surface area contributed by atoms with Gasteiger partial charge in [-0.25, -0.2) is 0 Å². The largest absolute Gasteiger partial charge is 0.508 e. The zero-order chi connectivity index (χ0) is 34.6. The molecule has 0 aromatic heterocycles. The fourth-order valence-electron chi connectivity index (χ4n) is 4.28. The number of benzene rings is 1. The average molecular weight is 650 g/mol. The summed E-state index contributed by atoms with van der Waals surface area (Å²) in [6.07, 6.45) is 1.84. The molecule has 0 spiro atoms. The van der Waals surface area contributed by atoms with Gasteiger partial charge in [0, 0.05) is 26.4 Å². The van der Waals surface area contributed by atoms with E-state index in [1.54, 1.807) is 26.0 Å². The first-order valence-electron chi connectivity index (χ1n) is 15.1. The number of aldehydes is 1. The second kappa shape index (κ2) is 21.2. The zero-order valence-corrected chi connectivity index (χ0v) is 26.5. The van der Waals surface area contributed by atoms with Crippen molar-refractivity contribution in [3.63, 3.8) is 0 Å². The molecule has 0 aliphatic carbocycles. The smallest absolute Gasteiger partial charge is 0.284 e. The van der Waals surface area contributed by atoms with Gasteiger partial charge < -0.3 is 47.8 Å². The lowest BCUT2D eigenvalue weighted by molar-refractivity contribution is -0.135. The SMILES string of the molecule is CC(=O)N[C@@H](CCCCN)C(=O)N[C@@H](Cc1ccc(O)cc1)C(=O)N[C@H](C(=O)N[C@@H](CO)C(=O)NCCCNC(=O)C=O)C(C)C. The molecule has 0 bridgehead atoms. The van der Waals surface area contributed by atoms with Crippen molar-refractivity contribution in [2.75, 3.05) is 26.2 Å². The summed E-state index contributed by atoms with van der Waals surface area (Å²) in [5.74, 6) is -4.51. The number of aromatic hydroxyl groups is 1. The summed E-state index contributed by atoms with van der Waals surface area (Å²) in [7, 11) is 0. The van der Waals surface area contributed by atoms with Crippen LogP contribution in [0.3, 0.4) is 0 Å².